The molecule has 35 heavy (non-hydrogen) atoms. The van der Waals surface area contributed by atoms with E-state index in [0.717, 1.165) is 26.1 Å². The summed E-state index contributed by atoms with van der Waals surface area (Å²) in [6.07, 6.45) is 1.43. The number of barbiturate groups is 1. The number of carbonyl (C=O) groups excluding carboxylic acids is 3. The van der Waals surface area contributed by atoms with Gasteiger partial charge < -0.3 is 9.47 Å². The third kappa shape index (κ3) is 5.27. The van der Waals surface area contributed by atoms with Gasteiger partial charge in [-0.1, -0.05) is 46.3 Å². The highest BCUT2D eigenvalue weighted by atomic mass is 79.9. The number of halogens is 1. The minimum absolute atomic E-state index is 0.156. The average Bonchev–Trinajstić information content (AvgIpc) is 2.83. The van der Waals surface area contributed by atoms with Gasteiger partial charge in [0.2, 0.25) is 0 Å². The third-order valence-corrected chi connectivity index (χ3v) is 6.04. The van der Waals surface area contributed by atoms with Gasteiger partial charge in [-0.05, 0) is 72.5 Å². The molecule has 4 rings (SSSR count). The van der Waals surface area contributed by atoms with Gasteiger partial charge in [0, 0.05) is 4.47 Å². The normalized spacial score (nSPS) is 14.8. The summed E-state index contributed by atoms with van der Waals surface area (Å²) >= 11 is 3.41. The highest BCUT2D eigenvalue weighted by Gasteiger charge is 2.37. The Hall–Kier alpha value is -3.91. The lowest BCUT2D eigenvalue weighted by Crippen LogP contribution is -2.54. The van der Waals surface area contributed by atoms with Crippen molar-refractivity contribution < 1.29 is 23.9 Å². The fraction of sp³-hybridized carbons (Fsp3) is 0.148. The van der Waals surface area contributed by atoms with Crippen molar-refractivity contribution in [1.82, 2.24) is 5.32 Å². The molecule has 0 saturated carbocycles. The number of aryl methyl sites for hydroxylation is 2. The molecular formula is C27H23BrN2O5. The Labute approximate surface area is 211 Å². The van der Waals surface area contributed by atoms with Gasteiger partial charge in [0.25, 0.3) is 11.8 Å². The number of hydrogen-bond acceptors (Lipinski definition) is 5. The van der Waals surface area contributed by atoms with E-state index in [1.165, 1.54) is 13.2 Å². The van der Waals surface area contributed by atoms with Gasteiger partial charge in [-0.2, -0.15) is 0 Å². The number of anilines is 1. The predicted molar refractivity (Wildman–Crippen MR) is 136 cm³/mol. The summed E-state index contributed by atoms with van der Waals surface area (Å²) in [5, 5.41) is 2.26. The van der Waals surface area contributed by atoms with Crippen molar-refractivity contribution >= 4 is 45.5 Å². The first kappa shape index (κ1) is 24.2. The molecule has 8 heteroatoms. The monoisotopic (exact) mass is 534 g/mol. The zero-order valence-electron chi connectivity index (χ0n) is 19.4. The molecule has 0 radical (unpaired) electrons. The van der Waals surface area contributed by atoms with E-state index in [9.17, 15) is 14.4 Å². The van der Waals surface area contributed by atoms with Crippen LogP contribution in [0.15, 0.2) is 70.7 Å². The molecule has 0 aliphatic carbocycles. The number of nitrogens with zero attached hydrogens (tertiary/aromatic N) is 1. The zero-order chi connectivity index (χ0) is 25.1. The van der Waals surface area contributed by atoms with Crippen molar-refractivity contribution in [2.45, 2.75) is 20.5 Å². The average molecular weight is 535 g/mol. The van der Waals surface area contributed by atoms with Crippen molar-refractivity contribution in [2.24, 2.45) is 0 Å². The number of rotatable bonds is 6. The smallest absolute Gasteiger partial charge is 0.335 e. The van der Waals surface area contributed by atoms with E-state index in [4.69, 9.17) is 9.47 Å². The van der Waals surface area contributed by atoms with E-state index >= 15 is 0 Å². The SMILES string of the molecule is COc1cc(/C=C2\C(=O)NC(=O)N(c3cc(C)ccc3C)C2=O)ccc1OCc1ccc(Br)cc1. The molecule has 1 heterocycles. The van der Waals surface area contributed by atoms with Crippen molar-refractivity contribution in [2.75, 3.05) is 12.0 Å². The molecular weight excluding hydrogens is 512 g/mol. The van der Waals surface area contributed by atoms with E-state index in [0.29, 0.717) is 29.4 Å². The zero-order valence-corrected chi connectivity index (χ0v) is 21.0. The fourth-order valence-electron chi connectivity index (χ4n) is 3.64. The number of benzene rings is 3. The van der Waals surface area contributed by atoms with E-state index in [-0.39, 0.29) is 5.57 Å². The number of ether oxygens (including phenoxy) is 2. The van der Waals surface area contributed by atoms with Crippen LogP contribution in [0.3, 0.4) is 0 Å². The number of methoxy groups -OCH3 is 1. The molecule has 0 aromatic heterocycles. The standard InChI is InChI=1S/C27H23BrN2O5/c1-16-4-5-17(2)22(12-16)30-26(32)21(25(31)29-27(30)33)13-19-8-11-23(24(14-19)34-3)35-15-18-6-9-20(28)10-7-18/h4-14H,15H2,1-3H3,(H,29,31,33)/b21-13+. The molecule has 0 atom stereocenters. The highest BCUT2D eigenvalue weighted by Crippen LogP contribution is 2.31. The van der Waals surface area contributed by atoms with Crippen LogP contribution in [0.2, 0.25) is 0 Å². The Morgan fingerprint density at radius 1 is 0.943 bits per heavy atom. The molecule has 3 aromatic rings. The number of hydrogen-bond donors (Lipinski definition) is 1. The van der Waals surface area contributed by atoms with E-state index < -0.39 is 17.8 Å². The van der Waals surface area contributed by atoms with Crippen molar-refractivity contribution in [3.63, 3.8) is 0 Å². The number of nitrogens with one attached hydrogen (secondary N) is 1. The Balaban J connectivity index is 1.61. The van der Waals surface area contributed by atoms with Crippen LogP contribution < -0.4 is 19.7 Å². The number of carbonyl (C=O) groups is 3. The maximum absolute atomic E-state index is 13.2. The van der Waals surface area contributed by atoms with Gasteiger partial charge in [0.05, 0.1) is 12.8 Å². The maximum Gasteiger partial charge on any atom is 0.335 e. The van der Waals surface area contributed by atoms with Crippen molar-refractivity contribution in [3.05, 3.63) is 93.0 Å². The van der Waals surface area contributed by atoms with Crippen LogP contribution in [0.25, 0.3) is 6.08 Å². The molecule has 0 unspecified atom stereocenters. The van der Waals surface area contributed by atoms with Crippen LogP contribution in [0.1, 0.15) is 22.3 Å². The van der Waals surface area contributed by atoms with Gasteiger partial charge in [-0.25, -0.2) is 9.69 Å². The summed E-state index contributed by atoms with van der Waals surface area (Å²) in [6, 6.07) is 17.5. The Morgan fingerprint density at radius 3 is 2.40 bits per heavy atom. The number of amides is 4. The van der Waals surface area contributed by atoms with Gasteiger partial charge >= 0.3 is 6.03 Å². The highest BCUT2D eigenvalue weighted by molar-refractivity contribution is 9.10. The van der Waals surface area contributed by atoms with Crippen LogP contribution in [0.4, 0.5) is 10.5 Å². The summed E-state index contributed by atoms with van der Waals surface area (Å²) in [7, 11) is 1.51. The van der Waals surface area contributed by atoms with Crippen molar-refractivity contribution in [1.29, 1.82) is 0 Å². The predicted octanol–water partition coefficient (Wildman–Crippen LogP) is 5.32. The second-order valence-electron chi connectivity index (χ2n) is 8.07. The second-order valence-corrected chi connectivity index (χ2v) is 8.99. The quantitative estimate of drug-likeness (QED) is 0.341. The lowest BCUT2D eigenvalue weighted by atomic mass is 10.0. The molecule has 0 spiro atoms. The maximum atomic E-state index is 13.2. The molecule has 1 aliphatic rings. The van der Waals surface area contributed by atoms with Gasteiger partial charge in [-0.3, -0.25) is 14.9 Å². The lowest BCUT2D eigenvalue weighted by molar-refractivity contribution is -0.122. The van der Waals surface area contributed by atoms with Crippen molar-refractivity contribution in [3.8, 4) is 11.5 Å². The number of urea groups is 1. The summed E-state index contributed by atoms with van der Waals surface area (Å²) in [4.78, 5) is 39.3. The lowest BCUT2D eigenvalue weighted by Gasteiger charge is -2.27. The summed E-state index contributed by atoms with van der Waals surface area (Å²) in [6.45, 7) is 4.01. The van der Waals surface area contributed by atoms with E-state index in [1.54, 1.807) is 31.2 Å². The topological polar surface area (TPSA) is 84.9 Å². The minimum atomic E-state index is -0.778. The molecule has 7 nitrogen and oxygen atoms in total. The summed E-state index contributed by atoms with van der Waals surface area (Å²) in [5.41, 5.74) is 3.43. The van der Waals surface area contributed by atoms with Gasteiger partial charge in [0.1, 0.15) is 12.2 Å². The minimum Gasteiger partial charge on any atom is -0.493 e. The molecule has 1 N–H and O–H groups in total. The molecule has 1 saturated heterocycles. The molecule has 178 valence electrons. The Morgan fingerprint density at radius 2 is 1.69 bits per heavy atom. The van der Waals surface area contributed by atoms with Crippen LogP contribution in [0, 0.1) is 13.8 Å². The largest absolute Gasteiger partial charge is 0.493 e. The first-order valence-corrected chi connectivity index (χ1v) is 11.6. The molecule has 1 fully saturated rings. The van der Waals surface area contributed by atoms with Crippen LogP contribution in [-0.2, 0) is 16.2 Å². The molecule has 4 amide bonds. The Kier molecular flexibility index (Phi) is 7.02. The second kappa shape index (κ2) is 10.1. The Bertz CT molecular complexity index is 1350. The van der Waals surface area contributed by atoms with Crippen LogP contribution >= 0.6 is 15.9 Å². The van der Waals surface area contributed by atoms with Crippen LogP contribution in [0.5, 0.6) is 11.5 Å². The van der Waals surface area contributed by atoms with Crippen LogP contribution in [-0.4, -0.2) is 25.0 Å². The third-order valence-electron chi connectivity index (χ3n) is 5.51. The molecule has 3 aromatic carbocycles. The summed E-state index contributed by atoms with van der Waals surface area (Å²) in [5.74, 6) is -0.482. The van der Waals surface area contributed by atoms with E-state index in [1.807, 2.05) is 43.3 Å². The molecule has 1 aliphatic heterocycles. The number of imide groups is 2. The van der Waals surface area contributed by atoms with Gasteiger partial charge in [0.15, 0.2) is 11.5 Å². The first-order valence-electron chi connectivity index (χ1n) is 10.8. The van der Waals surface area contributed by atoms with E-state index in [2.05, 4.69) is 21.2 Å². The fourth-order valence-corrected chi connectivity index (χ4v) is 3.90. The molecule has 0 bridgehead atoms. The summed E-state index contributed by atoms with van der Waals surface area (Å²) < 4.78 is 12.3. The first-order chi connectivity index (χ1) is 16.8. The van der Waals surface area contributed by atoms with Gasteiger partial charge in [-0.15, -0.1) is 0 Å².